The molecule has 1 aliphatic carbocycles. The molecule has 0 radical (unpaired) electrons. The molecule has 0 aromatic carbocycles. The molecule has 0 saturated heterocycles. The van der Waals surface area contributed by atoms with E-state index in [9.17, 15) is 9.59 Å². The summed E-state index contributed by atoms with van der Waals surface area (Å²) in [6, 6.07) is 10.2. The molecule has 1 atom stereocenters. The van der Waals surface area contributed by atoms with Crippen LogP contribution in [0.1, 0.15) is 53.9 Å². The number of carbonyl (C=O) groups is 2. The molecular formula is C25H28N6O4S. The normalized spacial score (nSPS) is 14.7. The van der Waals surface area contributed by atoms with E-state index in [0.29, 0.717) is 17.3 Å². The van der Waals surface area contributed by atoms with Crippen LogP contribution in [0, 0.1) is 13.8 Å². The number of furan rings is 2. The van der Waals surface area contributed by atoms with Gasteiger partial charge >= 0.3 is 0 Å². The molecule has 0 bridgehead atoms. The highest BCUT2D eigenvalue weighted by molar-refractivity contribution is 7.09. The van der Waals surface area contributed by atoms with E-state index in [1.807, 2.05) is 37.4 Å². The molecule has 2 amide bonds. The van der Waals surface area contributed by atoms with E-state index >= 15 is 0 Å². The van der Waals surface area contributed by atoms with Crippen LogP contribution in [0.3, 0.4) is 0 Å². The molecule has 188 valence electrons. The van der Waals surface area contributed by atoms with Crippen molar-refractivity contribution in [3.05, 3.63) is 63.9 Å². The summed E-state index contributed by atoms with van der Waals surface area (Å²) in [6.07, 6.45) is 4.05. The number of aryl methyl sites for hydroxylation is 2. The van der Waals surface area contributed by atoms with Gasteiger partial charge in [0.05, 0.1) is 6.54 Å². The van der Waals surface area contributed by atoms with Crippen LogP contribution in [0.25, 0.3) is 11.6 Å². The van der Waals surface area contributed by atoms with Crippen LogP contribution in [-0.2, 0) is 22.7 Å². The van der Waals surface area contributed by atoms with Gasteiger partial charge in [-0.25, -0.2) is 0 Å². The van der Waals surface area contributed by atoms with Gasteiger partial charge in [-0.2, -0.15) is 4.80 Å². The number of carbonyl (C=O) groups excluding carboxylic acids is 2. The summed E-state index contributed by atoms with van der Waals surface area (Å²) in [6.45, 7) is 3.70. The summed E-state index contributed by atoms with van der Waals surface area (Å²) in [4.78, 5) is 31.0. The first kappa shape index (κ1) is 24.0. The number of aromatic nitrogens is 4. The van der Waals surface area contributed by atoms with Gasteiger partial charge < -0.3 is 19.1 Å². The predicted molar refractivity (Wildman–Crippen MR) is 132 cm³/mol. The third-order valence-corrected chi connectivity index (χ3v) is 7.07. The number of nitrogens with one attached hydrogen (secondary N) is 1. The van der Waals surface area contributed by atoms with Gasteiger partial charge in [0.25, 0.3) is 5.91 Å². The number of amides is 2. The molecule has 4 heterocycles. The van der Waals surface area contributed by atoms with Crippen molar-refractivity contribution in [2.75, 3.05) is 0 Å². The zero-order valence-electron chi connectivity index (χ0n) is 20.2. The van der Waals surface area contributed by atoms with E-state index in [1.165, 1.54) is 21.0 Å². The molecule has 0 aliphatic heterocycles. The Labute approximate surface area is 212 Å². The SMILES string of the molecule is Cc1ccc(-c2nnn(CC(=O)N(Cc3cccs3)C(C(=O)NC3CCCC3)c3ccc(C)o3)n2)o1. The lowest BCUT2D eigenvalue weighted by Gasteiger charge is -2.30. The number of hydrogen-bond donors (Lipinski definition) is 1. The van der Waals surface area contributed by atoms with Crippen LogP contribution in [-0.4, -0.2) is 43.0 Å². The van der Waals surface area contributed by atoms with E-state index in [-0.39, 0.29) is 36.8 Å². The molecule has 1 fully saturated rings. The topological polar surface area (TPSA) is 119 Å². The van der Waals surface area contributed by atoms with E-state index in [2.05, 4.69) is 20.7 Å². The average Bonchev–Trinajstić information content (AvgIpc) is 3.66. The van der Waals surface area contributed by atoms with Gasteiger partial charge in [-0.1, -0.05) is 18.9 Å². The Hall–Kier alpha value is -3.73. The second-order valence-corrected chi connectivity index (χ2v) is 10.0. The zero-order valence-corrected chi connectivity index (χ0v) is 21.0. The molecule has 5 rings (SSSR count). The van der Waals surface area contributed by atoms with Crippen molar-refractivity contribution >= 4 is 23.2 Å². The number of rotatable bonds is 9. The largest absolute Gasteiger partial charge is 0.464 e. The highest BCUT2D eigenvalue weighted by Gasteiger charge is 2.36. The van der Waals surface area contributed by atoms with Crippen LogP contribution in [0.2, 0.25) is 0 Å². The first-order chi connectivity index (χ1) is 17.5. The maximum Gasteiger partial charge on any atom is 0.250 e. The summed E-state index contributed by atoms with van der Waals surface area (Å²) >= 11 is 1.52. The Morgan fingerprint density at radius 1 is 1.14 bits per heavy atom. The Morgan fingerprint density at radius 3 is 2.58 bits per heavy atom. The summed E-state index contributed by atoms with van der Waals surface area (Å²) in [5.41, 5.74) is 0. The van der Waals surface area contributed by atoms with E-state index in [4.69, 9.17) is 8.83 Å². The van der Waals surface area contributed by atoms with Crippen molar-refractivity contribution in [1.82, 2.24) is 30.4 Å². The lowest BCUT2D eigenvalue weighted by Crippen LogP contribution is -2.46. The zero-order chi connectivity index (χ0) is 25.1. The Morgan fingerprint density at radius 2 is 1.92 bits per heavy atom. The summed E-state index contributed by atoms with van der Waals surface area (Å²) in [5.74, 6) is 2.00. The lowest BCUT2D eigenvalue weighted by atomic mass is 10.1. The van der Waals surface area contributed by atoms with Crippen molar-refractivity contribution in [3.63, 3.8) is 0 Å². The fourth-order valence-corrected chi connectivity index (χ4v) is 5.15. The standard InChI is InChI=1S/C25H28N6O4S/c1-16-9-11-20(34-16)23(25(33)26-18-6-3-4-7-18)30(14-19-8-5-13-36-19)22(32)15-31-28-24(27-29-31)21-12-10-17(2)35-21/h5,8-13,18,23H,3-4,6-7,14-15H2,1-2H3,(H,26,33). The minimum absolute atomic E-state index is 0.103. The van der Waals surface area contributed by atoms with Gasteiger partial charge in [-0.05, 0) is 67.6 Å². The quantitative estimate of drug-likeness (QED) is 0.362. The smallest absolute Gasteiger partial charge is 0.250 e. The first-order valence-electron chi connectivity index (χ1n) is 12.0. The van der Waals surface area contributed by atoms with Gasteiger partial charge in [0.2, 0.25) is 11.7 Å². The van der Waals surface area contributed by atoms with Crippen LogP contribution >= 0.6 is 11.3 Å². The molecule has 0 spiro atoms. The highest BCUT2D eigenvalue weighted by Crippen LogP contribution is 2.28. The molecule has 36 heavy (non-hydrogen) atoms. The molecule has 1 aliphatic rings. The second kappa shape index (κ2) is 10.5. The number of thiophene rings is 1. The van der Waals surface area contributed by atoms with Gasteiger partial charge in [-0.15, -0.1) is 21.5 Å². The molecule has 10 nitrogen and oxygen atoms in total. The Bertz CT molecular complexity index is 1320. The van der Waals surface area contributed by atoms with Crippen molar-refractivity contribution < 1.29 is 18.4 Å². The number of nitrogens with zero attached hydrogens (tertiary/aromatic N) is 5. The van der Waals surface area contributed by atoms with Gasteiger partial charge in [-0.3, -0.25) is 9.59 Å². The van der Waals surface area contributed by atoms with E-state index in [0.717, 1.165) is 36.3 Å². The van der Waals surface area contributed by atoms with Gasteiger partial charge in [0, 0.05) is 10.9 Å². The third-order valence-electron chi connectivity index (χ3n) is 6.21. The highest BCUT2D eigenvalue weighted by atomic mass is 32.1. The maximum absolute atomic E-state index is 13.7. The van der Waals surface area contributed by atoms with Crippen molar-refractivity contribution in [1.29, 1.82) is 0 Å². The van der Waals surface area contributed by atoms with Crippen molar-refractivity contribution in [3.8, 4) is 11.6 Å². The van der Waals surface area contributed by atoms with Crippen LogP contribution in [0.15, 0.2) is 50.6 Å². The molecule has 4 aromatic heterocycles. The fraction of sp³-hybridized carbons (Fsp3) is 0.400. The third kappa shape index (κ3) is 5.40. The maximum atomic E-state index is 13.7. The summed E-state index contributed by atoms with van der Waals surface area (Å²) in [5, 5.41) is 17.4. The first-order valence-corrected chi connectivity index (χ1v) is 12.9. The molecule has 1 unspecified atom stereocenters. The molecule has 1 N–H and O–H groups in total. The Kier molecular flexibility index (Phi) is 6.99. The monoisotopic (exact) mass is 508 g/mol. The van der Waals surface area contributed by atoms with Gasteiger partial charge in [0.15, 0.2) is 11.8 Å². The molecular weight excluding hydrogens is 480 g/mol. The van der Waals surface area contributed by atoms with Gasteiger partial charge in [0.1, 0.15) is 23.8 Å². The summed E-state index contributed by atoms with van der Waals surface area (Å²) < 4.78 is 11.4. The van der Waals surface area contributed by atoms with Crippen LogP contribution in [0.5, 0.6) is 0 Å². The van der Waals surface area contributed by atoms with Crippen LogP contribution in [0.4, 0.5) is 0 Å². The lowest BCUT2D eigenvalue weighted by molar-refractivity contribution is -0.143. The summed E-state index contributed by atoms with van der Waals surface area (Å²) in [7, 11) is 0. The molecule has 11 heteroatoms. The van der Waals surface area contributed by atoms with Crippen molar-refractivity contribution in [2.24, 2.45) is 0 Å². The van der Waals surface area contributed by atoms with Crippen molar-refractivity contribution in [2.45, 2.75) is 64.7 Å². The predicted octanol–water partition coefficient (Wildman–Crippen LogP) is 4.03. The fourth-order valence-electron chi connectivity index (χ4n) is 4.44. The number of hydrogen-bond acceptors (Lipinski definition) is 8. The number of tetrazole rings is 1. The molecule has 4 aromatic rings. The van der Waals surface area contributed by atoms with E-state index < -0.39 is 6.04 Å². The molecule has 1 saturated carbocycles. The van der Waals surface area contributed by atoms with Crippen LogP contribution < -0.4 is 5.32 Å². The minimum Gasteiger partial charge on any atom is -0.464 e. The minimum atomic E-state index is -0.926. The second-order valence-electron chi connectivity index (χ2n) is 9.00. The average molecular weight is 509 g/mol. The Balaban J connectivity index is 1.43. The van der Waals surface area contributed by atoms with E-state index in [1.54, 1.807) is 18.2 Å².